The molecule has 0 atom stereocenters. The molecule has 72 heavy (non-hydrogen) atoms. The Morgan fingerprint density at radius 1 is 0.306 bits per heavy atom. The van der Waals surface area contributed by atoms with Crippen molar-refractivity contribution in [3.8, 4) is 44.5 Å². The topological polar surface area (TPSA) is 178 Å². The number of halogens is 4. The predicted octanol–water partition coefficient (Wildman–Crippen LogP) is 14.4. The molecule has 2 N–H and O–H groups in total. The molecule has 2 aliphatic heterocycles. The van der Waals surface area contributed by atoms with Crippen molar-refractivity contribution >= 4 is 137 Å². The molecule has 8 bridgehead atoms. The van der Waals surface area contributed by atoms with Crippen LogP contribution in [-0.2, 0) is 0 Å². The van der Waals surface area contributed by atoms with Gasteiger partial charge in [-0.15, -0.1) is 0 Å². The van der Waals surface area contributed by atoms with Crippen LogP contribution >= 0.6 is 46.4 Å². The number of para-hydroxylation sites is 4. The highest BCUT2D eigenvalue weighted by Crippen LogP contribution is 2.44. The minimum atomic E-state index is -0.773. The van der Waals surface area contributed by atoms with Crippen LogP contribution in [0.2, 0.25) is 20.1 Å². The lowest BCUT2D eigenvalue weighted by atomic mass is 10.0. The highest BCUT2D eigenvalue weighted by molar-refractivity contribution is 6.40. The highest BCUT2D eigenvalue weighted by atomic mass is 35.5. The molecular weight excluding hydrogens is 998 g/mol. The van der Waals surface area contributed by atoms with Crippen molar-refractivity contribution in [3.63, 3.8) is 0 Å². The molecule has 13 rings (SSSR count). The third-order valence-electron chi connectivity index (χ3n) is 12.8. The number of nitrogens with one attached hydrogen (secondary N) is 2. The Morgan fingerprint density at radius 2 is 0.528 bits per heavy atom. The van der Waals surface area contributed by atoms with E-state index in [1.54, 1.807) is 146 Å². The quantitative estimate of drug-likeness (QED) is 0.161. The Kier molecular flexibility index (Phi) is 9.99. The zero-order valence-electron chi connectivity index (χ0n) is 36.5. The summed E-state index contributed by atoms with van der Waals surface area (Å²) in [4.78, 5) is 74.6. The maximum atomic E-state index is 14.4. The molecule has 7 aromatic heterocycles. The average Bonchev–Trinajstić information content (AvgIpc) is 4.24. The van der Waals surface area contributed by atoms with Crippen molar-refractivity contribution in [2.45, 2.75) is 0 Å². The normalized spacial score (nSPS) is 12.3. The summed E-state index contributed by atoms with van der Waals surface area (Å²) in [6, 6.07) is 34.2. The summed E-state index contributed by atoms with van der Waals surface area (Å²) in [5.74, 6) is 0. The molecule has 11 aromatic rings. The first kappa shape index (κ1) is 43.5. The molecule has 0 unspecified atom stereocenters. The fourth-order valence-corrected chi connectivity index (χ4v) is 10.9. The Bertz CT molecular complexity index is 4160. The van der Waals surface area contributed by atoms with Crippen LogP contribution in [0.25, 0.3) is 135 Å². The Morgan fingerprint density at radius 3 is 0.764 bits per heavy atom. The minimum Gasteiger partial charge on any atom is -0.422 e. The van der Waals surface area contributed by atoms with E-state index in [2.05, 4.69) is 9.97 Å². The van der Waals surface area contributed by atoms with Crippen molar-refractivity contribution in [3.05, 3.63) is 206 Å². The predicted molar refractivity (Wildman–Crippen MR) is 285 cm³/mol. The standard InChI is InChI=1S/C56H26Cl4N4O8/c57-49-25-9-1-5-13-37(25)69-53(65)45(49)41-29-17-19-31(61-29)42(46-50(58)26-10-2-6-14-38(26)70-54(46)66)33-21-23-35(63-33)44(48-52(60)28-12-4-8-16-40(28)72-56(48)68)36-24-22-34(64-36)43(32-20-18-30(41)62-32)47-51(59)27-11-3-7-15-39(27)71-55(47)67/h1-24,61,64H. The lowest BCUT2D eigenvalue weighted by Crippen LogP contribution is -2.07. The molecule has 9 heterocycles. The number of rotatable bonds is 4. The summed E-state index contributed by atoms with van der Waals surface area (Å²) in [7, 11) is 0. The molecule has 4 aromatic carbocycles. The van der Waals surface area contributed by atoms with E-state index in [9.17, 15) is 19.2 Å². The Labute approximate surface area is 422 Å². The number of nitrogens with zero attached hydrogens (tertiary/aromatic N) is 2. The largest absolute Gasteiger partial charge is 0.422 e. The van der Waals surface area contributed by atoms with Gasteiger partial charge in [-0.1, -0.05) is 94.9 Å². The molecule has 0 saturated heterocycles. The molecular formula is C56H26Cl4N4O8. The fourth-order valence-electron chi connectivity index (χ4n) is 9.55. The molecule has 16 heteroatoms. The van der Waals surface area contributed by atoms with Crippen LogP contribution < -0.4 is 22.5 Å². The third kappa shape index (κ3) is 6.68. The minimum absolute atomic E-state index is 0.0367. The summed E-state index contributed by atoms with van der Waals surface area (Å²) in [5, 5.41) is 2.11. The van der Waals surface area contributed by atoms with Crippen LogP contribution in [0.3, 0.4) is 0 Å². The van der Waals surface area contributed by atoms with E-state index in [4.69, 9.17) is 74.0 Å². The number of hydrogen-bond acceptors (Lipinski definition) is 10. The number of hydrogen-bond donors (Lipinski definition) is 2. The van der Waals surface area contributed by atoms with Crippen LogP contribution in [0.15, 0.2) is 158 Å². The third-order valence-corrected chi connectivity index (χ3v) is 14.3. The SMILES string of the molecule is O=c1oc2ccccc2c(Cl)c1-c1c2nc(c(-c3c(Cl)c4ccccc4oc3=O)c3ccc([nH]3)c(-c3c(Cl)c4ccccc4oc3=O)c3nc(c(-c4c(Cl)c5ccccc5oc4=O)c4ccc1[nH]4)C=C3)C=C2. The van der Waals surface area contributed by atoms with Gasteiger partial charge in [0.05, 0.1) is 65.1 Å². The number of aromatic amines is 2. The van der Waals surface area contributed by atoms with E-state index >= 15 is 0 Å². The van der Waals surface area contributed by atoms with Crippen molar-refractivity contribution in [1.82, 2.24) is 19.9 Å². The van der Waals surface area contributed by atoms with Crippen molar-refractivity contribution in [2.24, 2.45) is 0 Å². The lowest BCUT2D eigenvalue weighted by molar-refractivity contribution is 0.563. The second-order valence-electron chi connectivity index (χ2n) is 16.8. The summed E-state index contributed by atoms with van der Waals surface area (Å²) >= 11 is 29.0. The van der Waals surface area contributed by atoms with Gasteiger partial charge in [-0.3, -0.25) is 0 Å². The highest BCUT2D eigenvalue weighted by Gasteiger charge is 2.28. The smallest absolute Gasteiger partial charge is 0.345 e. The van der Waals surface area contributed by atoms with Gasteiger partial charge in [-0.05, 0) is 97.1 Å². The summed E-state index contributed by atoms with van der Waals surface area (Å²) in [6.07, 6.45) is 6.65. The van der Waals surface area contributed by atoms with Crippen LogP contribution in [0.1, 0.15) is 22.8 Å². The van der Waals surface area contributed by atoms with Crippen molar-refractivity contribution in [1.29, 1.82) is 0 Å². The first-order valence-electron chi connectivity index (χ1n) is 22.1. The molecule has 2 aliphatic rings. The van der Waals surface area contributed by atoms with Gasteiger partial charge in [0.25, 0.3) is 0 Å². The van der Waals surface area contributed by atoms with Gasteiger partial charge in [0.1, 0.15) is 22.3 Å². The van der Waals surface area contributed by atoms with E-state index in [-0.39, 0.29) is 110 Å². The monoisotopic (exact) mass is 1020 g/mol. The summed E-state index contributed by atoms with van der Waals surface area (Å²) < 4.78 is 23.6. The van der Waals surface area contributed by atoms with Gasteiger partial charge in [-0.25, -0.2) is 29.1 Å². The Hall–Kier alpha value is -8.52. The molecule has 0 saturated carbocycles. The van der Waals surface area contributed by atoms with Gasteiger partial charge in [0, 0.05) is 65.9 Å². The van der Waals surface area contributed by atoms with E-state index in [0.29, 0.717) is 43.6 Å². The number of fused-ring (bicyclic) bond motifs is 12. The van der Waals surface area contributed by atoms with Crippen LogP contribution in [0, 0.1) is 0 Å². The van der Waals surface area contributed by atoms with Crippen LogP contribution in [0.4, 0.5) is 0 Å². The molecule has 0 fully saturated rings. The number of benzene rings is 4. The first-order valence-corrected chi connectivity index (χ1v) is 23.6. The van der Waals surface area contributed by atoms with E-state index < -0.39 is 22.5 Å². The number of H-pyrrole nitrogens is 2. The first-order chi connectivity index (χ1) is 35.0. The van der Waals surface area contributed by atoms with Gasteiger partial charge in [0.15, 0.2) is 0 Å². The van der Waals surface area contributed by atoms with Crippen LogP contribution in [0.5, 0.6) is 0 Å². The van der Waals surface area contributed by atoms with Crippen LogP contribution in [-0.4, -0.2) is 19.9 Å². The summed E-state index contributed by atoms with van der Waals surface area (Å²) in [6.45, 7) is 0. The van der Waals surface area contributed by atoms with E-state index in [1.807, 2.05) is 0 Å². The molecule has 0 spiro atoms. The van der Waals surface area contributed by atoms with Gasteiger partial charge < -0.3 is 27.6 Å². The number of aromatic nitrogens is 4. The summed E-state index contributed by atoms with van der Waals surface area (Å²) in [5.41, 5.74) is 0.670. The maximum absolute atomic E-state index is 14.4. The van der Waals surface area contributed by atoms with Gasteiger partial charge in [0.2, 0.25) is 0 Å². The Balaban J connectivity index is 1.26. The average molecular weight is 1020 g/mol. The van der Waals surface area contributed by atoms with E-state index in [0.717, 1.165) is 0 Å². The fraction of sp³-hybridized carbons (Fsp3) is 0. The second kappa shape index (κ2) is 16.5. The maximum Gasteiger partial charge on any atom is 0.345 e. The second-order valence-corrected chi connectivity index (χ2v) is 18.3. The molecule has 0 amide bonds. The van der Waals surface area contributed by atoms with Gasteiger partial charge in [-0.2, -0.15) is 0 Å². The molecule has 0 radical (unpaired) electrons. The zero-order chi connectivity index (χ0) is 49.1. The van der Waals surface area contributed by atoms with Gasteiger partial charge >= 0.3 is 22.5 Å². The zero-order valence-corrected chi connectivity index (χ0v) is 39.6. The molecule has 0 aliphatic carbocycles. The molecule has 12 nitrogen and oxygen atoms in total. The lowest BCUT2D eigenvalue weighted by Gasteiger charge is -2.10. The van der Waals surface area contributed by atoms with E-state index in [1.165, 1.54) is 0 Å². The van der Waals surface area contributed by atoms with Crippen molar-refractivity contribution < 1.29 is 17.7 Å². The molecule has 346 valence electrons. The van der Waals surface area contributed by atoms with Crippen molar-refractivity contribution in [2.75, 3.05) is 0 Å².